The number of benzene rings is 1. The lowest BCUT2D eigenvalue weighted by Gasteiger charge is -2.02. The summed E-state index contributed by atoms with van der Waals surface area (Å²) in [7, 11) is 0. The van der Waals surface area contributed by atoms with Crippen molar-refractivity contribution in [2.75, 3.05) is 0 Å². The summed E-state index contributed by atoms with van der Waals surface area (Å²) in [5.74, 6) is 0.639. The molecule has 132 valence electrons. The van der Waals surface area contributed by atoms with Gasteiger partial charge in [0.2, 0.25) is 5.78 Å². The van der Waals surface area contributed by atoms with Crippen LogP contribution in [0.25, 0.3) is 0 Å². The van der Waals surface area contributed by atoms with E-state index in [4.69, 9.17) is 4.42 Å². The highest BCUT2D eigenvalue weighted by Crippen LogP contribution is 2.13. The van der Waals surface area contributed by atoms with Crippen molar-refractivity contribution in [3.63, 3.8) is 0 Å². The van der Waals surface area contributed by atoms with Gasteiger partial charge in [0, 0.05) is 12.8 Å². The van der Waals surface area contributed by atoms with Crippen molar-refractivity contribution in [2.45, 2.75) is 44.9 Å². The molecule has 0 N–H and O–H groups in total. The summed E-state index contributed by atoms with van der Waals surface area (Å²) in [5.41, 5.74) is 1.15. The van der Waals surface area contributed by atoms with Crippen molar-refractivity contribution in [2.24, 2.45) is 0 Å². The minimum Gasteiger partial charge on any atom is -0.439 e. The molecule has 0 unspecified atom stereocenters. The summed E-state index contributed by atoms with van der Waals surface area (Å²) in [5, 5.41) is 0. The predicted octanol–water partition coefficient (Wildman–Crippen LogP) is 5.47. The lowest BCUT2D eigenvalue weighted by Crippen LogP contribution is -1.99. The van der Waals surface area contributed by atoms with Crippen molar-refractivity contribution in [3.8, 4) is 0 Å². The van der Waals surface area contributed by atoms with E-state index in [1.54, 1.807) is 12.3 Å². The van der Waals surface area contributed by atoms with Crippen LogP contribution in [0, 0.1) is 5.82 Å². The van der Waals surface area contributed by atoms with E-state index in [1.165, 1.54) is 12.1 Å². The maximum absolute atomic E-state index is 12.8. The van der Waals surface area contributed by atoms with Gasteiger partial charge in [0.1, 0.15) is 11.6 Å². The van der Waals surface area contributed by atoms with Crippen LogP contribution >= 0.6 is 0 Å². The summed E-state index contributed by atoms with van der Waals surface area (Å²) in [4.78, 5) is 16.1. The molecule has 0 aliphatic heterocycles. The molecule has 0 fully saturated rings. The van der Waals surface area contributed by atoms with Crippen molar-refractivity contribution < 1.29 is 13.6 Å². The molecule has 2 rings (SSSR count). The molecule has 25 heavy (non-hydrogen) atoms. The number of hydrogen-bond acceptors (Lipinski definition) is 3. The molecule has 1 aromatic heterocycles. The fraction of sp³-hybridized carbons (Fsp3) is 0.333. The number of aromatic nitrogens is 1. The van der Waals surface area contributed by atoms with E-state index in [9.17, 15) is 9.18 Å². The van der Waals surface area contributed by atoms with Crippen LogP contribution in [0.15, 0.2) is 59.7 Å². The second kappa shape index (κ2) is 10.4. The van der Waals surface area contributed by atoms with Gasteiger partial charge in [-0.05, 0) is 37.0 Å². The summed E-state index contributed by atoms with van der Waals surface area (Å²) in [6.45, 7) is 3.60. The number of Topliss-reactive ketones (excluding diaryl/α,β-unsaturated/α-hetero) is 1. The molecule has 2 aromatic rings. The van der Waals surface area contributed by atoms with E-state index in [-0.39, 0.29) is 17.5 Å². The molecule has 0 aliphatic rings. The third-order valence-corrected chi connectivity index (χ3v) is 3.92. The SMILES string of the molecule is C=C/C=C\Cc1cnc(C(=O)CCCCCCc2ccc(F)cc2)o1. The molecule has 3 nitrogen and oxygen atoms in total. The molecule has 4 heteroatoms. The van der Waals surface area contributed by atoms with Gasteiger partial charge in [0.25, 0.3) is 5.89 Å². The Kier molecular flexibility index (Phi) is 7.83. The number of carbonyl (C=O) groups is 1. The zero-order valence-electron chi connectivity index (χ0n) is 14.4. The number of rotatable bonds is 11. The first-order chi connectivity index (χ1) is 12.2. The smallest absolute Gasteiger partial charge is 0.263 e. The third kappa shape index (κ3) is 6.87. The summed E-state index contributed by atoms with van der Waals surface area (Å²) in [6.07, 6.45) is 12.9. The zero-order chi connectivity index (χ0) is 17.9. The largest absolute Gasteiger partial charge is 0.439 e. The van der Waals surface area contributed by atoms with Crippen molar-refractivity contribution in [3.05, 3.63) is 78.3 Å². The van der Waals surface area contributed by atoms with Gasteiger partial charge in [-0.15, -0.1) is 0 Å². The molecule has 0 spiro atoms. The Morgan fingerprint density at radius 3 is 2.68 bits per heavy atom. The minimum atomic E-state index is -0.200. The van der Waals surface area contributed by atoms with Gasteiger partial charge in [-0.1, -0.05) is 49.8 Å². The Hall–Kier alpha value is -2.49. The van der Waals surface area contributed by atoms with Crippen LogP contribution < -0.4 is 0 Å². The molecule has 0 aliphatic carbocycles. The molecule has 1 aromatic carbocycles. The van der Waals surface area contributed by atoms with Crippen molar-refractivity contribution in [1.29, 1.82) is 0 Å². The van der Waals surface area contributed by atoms with E-state index < -0.39 is 0 Å². The number of carbonyl (C=O) groups excluding carboxylic acids is 1. The Bertz CT molecular complexity index is 701. The predicted molar refractivity (Wildman–Crippen MR) is 97.1 cm³/mol. The van der Waals surface area contributed by atoms with Crippen molar-refractivity contribution >= 4 is 5.78 Å². The summed E-state index contributed by atoms with van der Waals surface area (Å²) < 4.78 is 18.3. The number of ketones is 1. The van der Waals surface area contributed by atoms with Gasteiger partial charge in [-0.3, -0.25) is 4.79 Å². The van der Waals surface area contributed by atoms with Crippen molar-refractivity contribution in [1.82, 2.24) is 4.98 Å². The molecule has 0 saturated heterocycles. The average Bonchev–Trinajstić information content (AvgIpc) is 3.08. The fourth-order valence-electron chi connectivity index (χ4n) is 2.54. The van der Waals surface area contributed by atoms with Crippen LogP contribution in [-0.2, 0) is 12.8 Å². The van der Waals surface area contributed by atoms with Crippen LogP contribution in [-0.4, -0.2) is 10.8 Å². The fourth-order valence-corrected chi connectivity index (χ4v) is 2.54. The number of allylic oxidation sites excluding steroid dienone is 3. The maximum atomic E-state index is 12.8. The van der Waals surface area contributed by atoms with Crippen LogP contribution in [0.5, 0.6) is 0 Å². The van der Waals surface area contributed by atoms with Crippen LogP contribution in [0.3, 0.4) is 0 Å². The molecule has 0 amide bonds. The number of halogens is 1. The second-order valence-electron chi connectivity index (χ2n) is 5.96. The average molecular weight is 341 g/mol. The highest BCUT2D eigenvalue weighted by atomic mass is 19.1. The number of hydrogen-bond donors (Lipinski definition) is 0. The van der Waals surface area contributed by atoms with Crippen LogP contribution in [0.4, 0.5) is 4.39 Å². The third-order valence-electron chi connectivity index (χ3n) is 3.92. The van der Waals surface area contributed by atoms with Gasteiger partial charge in [0.15, 0.2) is 0 Å². The Morgan fingerprint density at radius 2 is 1.92 bits per heavy atom. The molecule has 0 radical (unpaired) electrons. The Labute approximate surface area is 148 Å². The van der Waals surface area contributed by atoms with E-state index in [1.807, 2.05) is 24.3 Å². The van der Waals surface area contributed by atoms with Gasteiger partial charge >= 0.3 is 0 Å². The summed E-state index contributed by atoms with van der Waals surface area (Å²) in [6, 6.07) is 6.63. The second-order valence-corrected chi connectivity index (χ2v) is 5.96. The monoisotopic (exact) mass is 341 g/mol. The molecular weight excluding hydrogens is 317 g/mol. The minimum absolute atomic E-state index is 0.0440. The first-order valence-electron chi connectivity index (χ1n) is 8.69. The maximum Gasteiger partial charge on any atom is 0.263 e. The van der Waals surface area contributed by atoms with Gasteiger partial charge in [0.05, 0.1) is 6.20 Å². The Morgan fingerprint density at radius 1 is 1.16 bits per heavy atom. The zero-order valence-corrected chi connectivity index (χ0v) is 14.4. The van der Waals surface area contributed by atoms with Crippen LogP contribution in [0.1, 0.15) is 54.1 Å². The van der Waals surface area contributed by atoms with Gasteiger partial charge < -0.3 is 4.42 Å². The van der Waals surface area contributed by atoms with E-state index >= 15 is 0 Å². The first kappa shape index (κ1) is 18.8. The number of unbranched alkanes of at least 4 members (excludes halogenated alkanes) is 3. The molecular formula is C21H24FNO2. The summed E-state index contributed by atoms with van der Waals surface area (Å²) >= 11 is 0. The number of nitrogens with zero attached hydrogens (tertiary/aromatic N) is 1. The highest BCUT2D eigenvalue weighted by Gasteiger charge is 2.12. The van der Waals surface area contributed by atoms with Crippen LogP contribution in [0.2, 0.25) is 0 Å². The molecule has 0 saturated carbocycles. The lowest BCUT2D eigenvalue weighted by atomic mass is 10.0. The Balaban J connectivity index is 1.61. The molecule has 0 atom stereocenters. The van der Waals surface area contributed by atoms with E-state index in [2.05, 4.69) is 11.6 Å². The van der Waals surface area contributed by atoms with E-state index in [0.29, 0.717) is 18.6 Å². The molecule has 1 heterocycles. The quantitative estimate of drug-likeness (QED) is 0.309. The molecule has 0 bridgehead atoms. The number of aryl methyl sites for hydroxylation is 1. The van der Waals surface area contributed by atoms with Gasteiger partial charge in [-0.2, -0.15) is 0 Å². The van der Waals surface area contributed by atoms with Gasteiger partial charge in [-0.25, -0.2) is 9.37 Å². The van der Waals surface area contributed by atoms with E-state index in [0.717, 1.165) is 37.7 Å². The number of oxazole rings is 1. The standard InChI is InChI=1S/C21H24FNO2/c1-2-3-6-10-19-16-23-21(25-19)20(24)11-8-5-4-7-9-17-12-14-18(22)15-13-17/h2-3,6,12-16H,1,4-5,7-11H2/b6-3-. The highest BCUT2D eigenvalue weighted by molar-refractivity contribution is 5.91. The first-order valence-corrected chi connectivity index (χ1v) is 8.69. The lowest BCUT2D eigenvalue weighted by molar-refractivity contribution is 0.0944. The topological polar surface area (TPSA) is 43.1 Å². The normalized spacial score (nSPS) is 11.1.